The van der Waals surface area contributed by atoms with Crippen molar-refractivity contribution in [3.05, 3.63) is 246 Å². The second kappa shape index (κ2) is 13.2. The van der Waals surface area contributed by atoms with Crippen LogP contribution in [0.1, 0.15) is 27.8 Å². The van der Waals surface area contributed by atoms with Crippen LogP contribution in [0.5, 0.6) is 0 Å². The monoisotopic (exact) mass is 725 g/mol. The fraction of sp³-hybridized carbons (Fsp3) is 0.0357. The molecule has 0 N–H and O–H groups in total. The standard InChI is InChI=1S/C56H39N/c1-38-15-12-16-40(35-38)41-17-13-18-42(36-41)43-31-34-49-48-23-9-11-28-53(48)57(54(49)37-43)46-32-29-39(30-33-46)47-25-14-27-52-55(47)50-24-8-10-26-51(50)56(52,44-19-4-2-5-20-44)45-21-6-3-7-22-45/h2-37H,1H3. The van der Waals surface area contributed by atoms with Crippen molar-refractivity contribution in [1.29, 1.82) is 0 Å². The van der Waals surface area contributed by atoms with Crippen molar-refractivity contribution >= 4 is 21.8 Å². The largest absolute Gasteiger partial charge is 0.309 e. The van der Waals surface area contributed by atoms with Crippen molar-refractivity contribution in [2.75, 3.05) is 0 Å². The van der Waals surface area contributed by atoms with Crippen LogP contribution < -0.4 is 0 Å². The highest BCUT2D eigenvalue weighted by atomic mass is 15.0. The lowest BCUT2D eigenvalue weighted by molar-refractivity contribution is 0.768. The van der Waals surface area contributed by atoms with E-state index in [-0.39, 0.29) is 0 Å². The lowest BCUT2D eigenvalue weighted by Crippen LogP contribution is -2.28. The summed E-state index contributed by atoms with van der Waals surface area (Å²) in [4.78, 5) is 0. The van der Waals surface area contributed by atoms with E-state index < -0.39 is 5.41 Å². The van der Waals surface area contributed by atoms with Gasteiger partial charge < -0.3 is 4.57 Å². The van der Waals surface area contributed by atoms with E-state index in [0.29, 0.717) is 0 Å². The quantitative estimate of drug-likeness (QED) is 0.161. The minimum absolute atomic E-state index is 0.426. The molecule has 0 fully saturated rings. The molecule has 1 aromatic heterocycles. The SMILES string of the molecule is Cc1cccc(-c2cccc(-c3ccc4c5ccccc5n(-c5ccc(-c6cccc7c6-c6ccccc6C7(c6ccccc6)c6ccccc6)cc5)c4c3)c2)c1. The van der Waals surface area contributed by atoms with Crippen molar-refractivity contribution in [2.24, 2.45) is 0 Å². The van der Waals surface area contributed by atoms with Gasteiger partial charge in [-0.25, -0.2) is 0 Å². The van der Waals surface area contributed by atoms with Crippen molar-refractivity contribution in [1.82, 2.24) is 4.57 Å². The molecule has 0 saturated heterocycles. The molecule has 0 radical (unpaired) electrons. The smallest absolute Gasteiger partial charge is 0.0713 e. The summed E-state index contributed by atoms with van der Waals surface area (Å²) in [5, 5.41) is 2.51. The molecule has 1 aliphatic carbocycles. The number of benzene rings is 9. The summed E-state index contributed by atoms with van der Waals surface area (Å²) in [6.07, 6.45) is 0. The summed E-state index contributed by atoms with van der Waals surface area (Å²) in [5.41, 5.74) is 19.5. The van der Waals surface area contributed by atoms with Crippen molar-refractivity contribution in [3.63, 3.8) is 0 Å². The van der Waals surface area contributed by atoms with E-state index in [1.54, 1.807) is 0 Å². The lowest BCUT2D eigenvalue weighted by atomic mass is 9.67. The molecule has 0 aliphatic heterocycles. The molecule has 57 heavy (non-hydrogen) atoms. The minimum Gasteiger partial charge on any atom is -0.309 e. The zero-order valence-electron chi connectivity index (χ0n) is 31.7. The molecule has 0 amide bonds. The highest BCUT2D eigenvalue weighted by molar-refractivity contribution is 6.10. The van der Waals surface area contributed by atoms with E-state index in [0.717, 1.165) is 5.69 Å². The number of hydrogen-bond donors (Lipinski definition) is 0. The predicted molar refractivity (Wildman–Crippen MR) is 239 cm³/mol. The van der Waals surface area contributed by atoms with Gasteiger partial charge in [0.25, 0.3) is 0 Å². The van der Waals surface area contributed by atoms with Crippen LogP contribution in [0.15, 0.2) is 218 Å². The molecular weight excluding hydrogens is 687 g/mol. The summed E-state index contributed by atoms with van der Waals surface area (Å²) < 4.78 is 2.43. The normalized spacial score (nSPS) is 12.8. The first-order valence-corrected chi connectivity index (χ1v) is 19.8. The van der Waals surface area contributed by atoms with Crippen LogP contribution in [0, 0.1) is 6.92 Å². The average Bonchev–Trinajstić information content (AvgIpc) is 3.78. The Morgan fingerprint density at radius 3 is 1.63 bits per heavy atom. The third-order valence-electron chi connectivity index (χ3n) is 12.1. The second-order valence-electron chi connectivity index (χ2n) is 15.3. The highest BCUT2D eigenvalue weighted by Crippen LogP contribution is 2.58. The van der Waals surface area contributed by atoms with Gasteiger partial charge in [-0.1, -0.05) is 194 Å². The van der Waals surface area contributed by atoms with Crippen LogP contribution >= 0.6 is 0 Å². The van der Waals surface area contributed by atoms with Crippen LogP contribution in [-0.2, 0) is 5.41 Å². The Kier molecular flexibility index (Phi) is 7.69. The van der Waals surface area contributed by atoms with Gasteiger partial charge in [-0.15, -0.1) is 0 Å². The topological polar surface area (TPSA) is 4.93 Å². The molecule has 1 nitrogen and oxygen atoms in total. The van der Waals surface area contributed by atoms with E-state index >= 15 is 0 Å². The lowest BCUT2D eigenvalue weighted by Gasteiger charge is -2.34. The Morgan fingerprint density at radius 2 is 0.895 bits per heavy atom. The first-order valence-electron chi connectivity index (χ1n) is 19.8. The van der Waals surface area contributed by atoms with E-state index in [1.807, 2.05) is 0 Å². The number of hydrogen-bond acceptors (Lipinski definition) is 0. The summed E-state index contributed by atoms with van der Waals surface area (Å²) in [6.45, 7) is 2.15. The average molecular weight is 726 g/mol. The number of aromatic nitrogens is 1. The molecule has 0 bridgehead atoms. The van der Waals surface area contributed by atoms with Crippen LogP contribution in [0.25, 0.3) is 72.0 Å². The molecule has 11 rings (SSSR count). The third-order valence-corrected chi connectivity index (χ3v) is 12.1. The number of rotatable bonds is 6. The van der Waals surface area contributed by atoms with E-state index in [2.05, 4.69) is 230 Å². The molecule has 1 heteroatoms. The Balaban J connectivity index is 1.06. The third kappa shape index (κ3) is 5.16. The first-order chi connectivity index (χ1) is 28.2. The van der Waals surface area contributed by atoms with Gasteiger partial charge in [-0.05, 0) is 104 Å². The Labute approximate surface area is 333 Å². The van der Waals surface area contributed by atoms with E-state index in [4.69, 9.17) is 0 Å². The maximum atomic E-state index is 2.43. The molecule has 0 saturated carbocycles. The second-order valence-corrected chi connectivity index (χ2v) is 15.3. The Hall–Kier alpha value is -7.22. The van der Waals surface area contributed by atoms with Crippen LogP contribution in [0.3, 0.4) is 0 Å². The highest BCUT2D eigenvalue weighted by Gasteiger charge is 2.46. The molecule has 9 aromatic carbocycles. The number of aryl methyl sites for hydroxylation is 1. The van der Waals surface area contributed by atoms with Gasteiger partial charge in [-0.2, -0.15) is 0 Å². The first kappa shape index (κ1) is 33.1. The molecule has 1 aliphatic rings. The van der Waals surface area contributed by atoms with Crippen LogP contribution in [0.2, 0.25) is 0 Å². The number of para-hydroxylation sites is 1. The molecule has 0 spiro atoms. The zero-order valence-corrected chi connectivity index (χ0v) is 31.7. The maximum absolute atomic E-state index is 2.43. The Bertz CT molecular complexity index is 3070. The van der Waals surface area contributed by atoms with Gasteiger partial charge in [0.1, 0.15) is 0 Å². The minimum atomic E-state index is -0.426. The van der Waals surface area contributed by atoms with Crippen LogP contribution in [-0.4, -0.2) is 4.57 Å². The zero-order chi connectivity index (χ0) is 37.9. The fourth-order valence-corrected chi connectivity index (χ4v) is 9.66. The molecule has 0 atom stereocenters. The summed E-state index contributed by atoms with van der Waals surface area (Å²) in [5.74, 6) is 0. The van der Waals surface area contributed by atoms with E-state index in [1.165, 1.54) is 94.1 Å². The van der Waals surface area contributed by atoms with Gasteiger partial charge >= 0.3 is 0 Å². The maximum Gasteiger partial charge on any atom is 0.0713 e. The van der Waals surface area contributed by atoms with Gasteiger partial charge in [0, 0.05) is 16.5 Å². The number of fused-ring (bicyclic) bond motifs is 6. The van der Waals surface area contributed by atoms with Gasteiger partial charge in [-0.3, -0.25) is 0 Å². The summed E-state index contributed by atoms with van der Waals surface area (Å²) in [7, 11) is 0. The summed E-state index contributed by atoms with van der Waals surface area (Å²) in [6, 6.07) is 80.6. The van der Waals surface area contributed by atoms with E-state index in [9.17, 15) is 0 Å². The number of nitrogens with zero attached hydrogens (tertiary/aromatic N) is 1. The molecule has 10 aromatic rings. The van der Waals surface area contributed by atoms with Gasteiger partial charge in [0.05, 0.1) is 16.4 Å². The predicted octanol–water partition coefficient (Wildman–Crippen LogP) is 14.5. The van der Waals surface area contributed by atoms with Crippen molar-refractivity contribution in [3.8, 4) is 50.2 Å². The molecule has 0 unspecified atom stereocenters. The fourth-order valence-electron chi connectivity index (χ4n) is 9.66. The van der Waals surface area contributed by atoms with Crippen molar-refractivity contribution < 1.29 is 0 Å². The summed E-state index contributed by atoms with van der Waals surface area (Å²) >= 11 is 0. The molecule has 1 heterocycles. The molecular formula is C56H39N. The van der Waals surface area contributed by atoms with Gasteiger partial charge in [0.2, 0.25) is 0 Å². The van der Waals surface area contributed by atoms with Crippen molar-refractivity contribution in [2.45, 2.75) is 12.3 Å². The van der Waals surface area contributed by atoms with Gasteiger partial charge in [0.15, 0.2) is 0 Å². The molecule has 268 valence electrons. The van der Waals surface area contributed by atoms with Crippen LogP contribution in [0.4, 0.5) is 0 Å². The Morgan fingerprint density at radius 1 is 0.351 bits per heavy atom.